The number of hydrogen-bond acceptors (Lipinski definition) is 2. The predicted molar refractivity (Wildman–Crippen MR) is 53.2 cm³/mol. The van der Waals surface area contributed by atoms with Gasteiger partial charge in [-0.05, 0) is 12.8 Å². The summed E-state index contributed by atoms with van der Waals surface area (Å²) in [7, 11) is 0. The van der Waals surface area contributed by atoms with Gasteiger partial charge < -0.3 is 0 Å². The Morgan fingerprint density at radius 3 is 2.08 bits per heavy atom. The van der Waals surface area contributed by atoms with Crippen LogP contribution < -0.4 is 0 Å². The highest BCUT2D eigenvalue weighted by molar-refractivity contribution is 5.77. The van der Waals surface area contributed by atoms with E-state index in [0.29, 0.717) is 0 Å². The molecule has 2 nitrogen and oxygen atoms in total. The van der Waals surface area contributed by atoms with Crippen molar-refractivity contribution in [2.75, 3.05) is 0 Å². The number of carbonyl (C=O) groups is 1. The van der Waals surface area contributed by atoms with Gasteiger partial charge in [0.1, 0.15) is 5.78 Å². The van der Waals surface area contributed by atoms with Gasteiger partial charge in [0, 0.05) is 0 Å². The smallest absolute Gasteiger partial charge is 0.143 e. The van der Waals surface area contributed by atoms with Crippen molar-refractivity contribution in [3.8, 4) is 6.07 Å². The highest BCUT2D eigenvalue weighted by atomic mass is 16.1. The highest BCUT2D eigenvalue weighted by Gasteiger charge is 2.05. The fourth-order valence-electron chi connectivity index (χ4n) is 1.42. The zero-order valence-corrected chi connectivity index (χ0v) is 8.68. The number of ketones is 1. The van der Waals surface area contributed by atoms with Gasteiger partial charge in [-0.15, -0.1) is 0 Å². The highest BCUT2D eigenvalue weighted by Crippen LogP contribution is 2.21. The van der Waals surface area contributed by atoms with Crippen LogP contribution in [0.2, 0.25) is 0 Å². The summed E-state index contributed by atoms with van der Waals surface area (Å²) >= 11 is 0. The molecule has 0 aromatic rings. The Morgan fingerprint density at radius 1 is 1.38 bits per heavy atom. The maximum atomic E-state index is 9.82. The molecule has 0 heterocycles. The van der Waals surface area contributed by atoms with Crippen LogP contribution in [-0.4, -0.2) is 5.78 Å². The molecule has 1 fully saturated rings. The molecule has 0 aromatic heterocycles. The molecule has 2 heteroatoms. The first-order chi connectivity index (χ1) is 6.16. The van der Waals surface area contributed by atoms with Gasteiger partial charge in [0.25, 0.3) is 0 Å². The van der Waals surface area contributed by atoms with Crippen molar-refractivity contribution in [1.29, 1.82) is 5.26 Å². The number of rotatable bonds is 1. The van der Waals surface area contributed by atoms with Crippen molar-refractivity contribution in [1.82, 2.24) is 0 Å². The second kappa shape index (κ2) is 7.79. The summed E-state index contributed by atoms with van der Waals surface area (Å²) in [5, 5.41) is 7.77. The molecule has 0 aliphatic heterocycles. The van der Waals surface area contributed by atoms with Gasteiger partial charge in [0.15, 0.2) is 0 Å². The first-order valence-electron chi connectivity index (χ1n) is 5.03. The van der Waals surface area contributed by atoms with Gasteiger partial charge in [0.05, 0.1) is 12.5 Å². The number of Topliss-reactive ketones (excluding diaryl/α,β-unsaturated/α-hetero) is 1. The third-order valence-electron chi connectivity index (χ3n) is 2.22. The molecule has 0 spiro atoms. The van der Waals surface area contributed by atoms with Crippen molar-refractivity contribution >= 4 is 5.78 Å². The zero-order chi connectivity index (χ0) is 10.1. The van der Waals surface area contributed by atoms with Gasteiger partial charge >= 0.3 is 0 Å². The Labute approximate surface area is 80.9 Å². The topological polar surface area (TPSA) is 40.9 Å². The number of nitriles is 1. The molecule has 1 rings (SSSR count). The van der Waals surface area contributed by atoms with Crippen molar-refractivity contribution in [3.05, 3.63) is 0 Å². The predicted octanol–water partition coefficient (Wildman–Crippen LogP) is 3.08. The lowest BCUT2D eigenvalue weighted by Crippen LogP contribution is -1.99. The van der Waals surface area contributed by atoms with E-state index in [1.807, 2.05) is 0 Å². The van der Waals surface area contributed by atoms with Crippen molar-refractivity contribution in [2.24, 2.45) is 5.92 Å². The number of carbonyl (C=O) groups excluding carboxylic acids is 1. The van der Waals surface area contributed by atoms with Crippen LogP contribution in [0.5, 0.6) is 0 Å². The molecule has 1 saturated carbocycles. The normalized spacial score (nSPS) is 16.7. The van der Waals surface area contributed by atoms with Gasteiger partial charge in [-0.25, -0.2) is 0 Å². The van der Waals surface area contributed by atoms with E-state index < -0.39 is 0 Å². The van der Waals surface area contributed by atoms with Crippen LogP contribution in [0.25, 0.3) is 0 Å². The first kappa shape index (κ1) is 12.2. The lowest BCUT2D eigenvalue weighted by atomic mass is 9.91. The molecule has 13 heavy (non-hydrogen) atoms. The second-order valence-corrected chi connectivity index (χ2v) is 3.78. The van der Waals surface area contributed by atoms with E-state index >= 15 is 0 Å². The molecule has 0 radical (unpaired) electrons. The Bertz CT molecular complexity index is 175. The van der Waals surface area contributed by atoms with Crippen molar-refractivity contribution in [2.45, 2.75) is 52.4 Å². The molecule has 0 bridgehead atoms. The van der Waals surface area contributed by atoms with Crippen LogP contribution in [0.4, 0.5) is 0 Å². The number of hydrogen-bond donors (Lipinski definition) is 0. The summed E-state index contributed by atoms with van der Waals surface area (Å²) in [6.45, 7) is 3.75. The Morgan fingerprint density at radius 2 is 1.92 bits per heavy atom. The van der Waals surface area contributed by atoms with E-state index in [9.17, 15) is 4.79 Å². The Hall–Kier alpha value is -0.840. The SMILES string of the molecule is CC(=O)CC#N.CC1CCCCC1. The molecule has 0 amide bonds. The van der Waals surface area contributed by atoms with Crippen LogP contribution in [0.3, 0.4) is 0 Å². The molecule has 0 saturated heterocycles. The van der Waals surface area contributed by atoms with E-state index in [1.165, 1.54) is 39.0 Å². The Balaban J connectivity index is 0.000000226. The first-order valence-corrected chi connectivity index (χ1v) is 5.03. The quantitative estimate of drug-likeness (QED) is 0.623. The molecule has 0 unspecified atom stereocenters. The van der Waals surface area contributed by atoms with E-state index in [1.54, 1.807) is 6.07 Å². The van der Waals surface area contributed by atoms with Crippen LogP contribution in [-0.2, 0) is 4.79 Å². The zero-order valence-electron chi connectivity index (χ0n) is 8.68. The third kappa shape index (κ3) is 9.07. The van der Waals surface area contributed by atoms with Crippen molar-refractivity contribution in [3.63, 3.8) is 0 Å². The largest absolute Gasteiger partial charge is 0.299 e. The maximum Gasteiger partial charge on any atom is 0.143 e. The average molecular weight is 181 g/mol. The molecular formula is C11H19NO. The summed E-state index contributed by atoms with van der Waals surface area (Å²) in [6.07, 6.45) is 7.48. The van der Waals surface area contributed by atoms with Crippen LogP contribution in [0, 0.1) is 17.2 Å². The summed E-state index contributed by atoms with van der Waals surface area (Å²) in [5.41, 5.74) is 0. The summed E-state index contributed by atoms with van der Waals surface area (Å²) < 4.78 is 0. The van der Waals surface area contributed by atoms with Crippen molar-refractivity contribution < 1.29 is 4.79 Å². The maximum absolute atomic E-state index is 9.82. The van der Waals surface area contributed by atoms with Gasteiger partial charge in [0.2, 0.25) is 0 Å². The van der Waals surface area contributed by atoms with E-state index in [4.69, 9.17) is 5.26 Å². The minimum Gasteiger partial charge on any atom is -0.299 e. The van der Waals surface area contributed by atoms with E-state index in [2.05, 4.69) is 6.92 Å². The summed E-state index contributed by atoms with van der Waals surface area (Å²) in [5.74, 6) is 0.964. The number of nitrogens with zero attached hydrogens (tertiary/aromatic N) is 1. The fourth-order valence-corrected chi connectivity index (χ4v) is 1.42. The summed E-state index contributed by atoms with van der Waals surface area (Å²) in [6, 6.07) is 1.72. The average Bonchev–Trinajstić information content (AvgIpc) is 2.06. The molecule has 1 aliphatic carbocycles. The van der Waals surface area contributed by atoms with E-state index in [0.717, 1.165) is 5.92 Å². The fraction of sp³-hybridized carbons (Fsp3) is 0.818. The minimum atomic E-state index is -0.0718. The van der Waals surface area contributed by atoms with Gasteiger partial charge in [-0.1, -0.05) is 39.0 Å². The van der Waals surface area contributed by atoms with Crippen LogP contribution >= 0.6 is 0 Å². The van der Waals surface area contributed by atoms with Crippen LogP contribution in [0.1, 0.15) is 52.4 Å². The minimum absolute atomic E-state index is 0.0417. The summed E-state index contributed by atoms with van der Waals surface area (Å²) in [4.78, 5) is 9.82. The molecule has 0 N–H and O–H groups in total. The lowest BCUT2D eigenvalue weighted by Gasteiger charge is -2.15. The Kier molecular flexibility index (Phi) is 7.29. The molecule has 0 atom stereocenters. The van der Waals surface area contributed by atoms with Crippen LogP contribution in [0.15, 0.2) is 0 Å². The second-order valence-electron chi connectivity index (χ2n) is 3.78. The molecule has 74 valence electrons. The lowest BCUT2D eigenvalue weighted by molar-refractivity contribution is -0.116. The molecule has 1 aliphatic rings. The van der Waals surface area contributed by atoms with E-state index in [-0.39, 0.29) is 12.2 Å². The molecule has 0 aromatic carbocycles. The molecular weight excluding hydrogens is 162 g/mol. The monoisotopic (exact) mass is 181 g/mol. The van der Waals surface area contributed by atoms with Gasteiger partial charge in [-0.2, -0.15) is 5.26 Å². The third-order valence-corrected chi connectivity index (χ3v) is 2.22. The standard InChI is InChI=1S/C7H14.C4H5NO/c1-7-5-3-2-4-6-7;1-4(6)2-3-5/h7H,2-6H2,1H3;2H2,1H3. The van der Waals surface area contributed by atoms with Gasteiger partial charge in [-0.3, -0.25) is 4.79 Å².